The summed E-state index contributed by atoms with van der Waals surface area (Å²) >= 11 is 0. The van der Waals surface area contributed by atoms with Crippen molar-refractivity contribution in [2.24, 2.45) is 0 Å². The quantitative estimate of drug-likeness (QED) is 0.801. The summed E-state index contributed by atoms with van der Waals surface area (Å²) in [6.07, 6.45) is -3.62. The molecule has 1 N–H and O–H groups in total. The smallest absolute Gasteiger partial charge is 0.389 e. The van der Waals surface area contributed by atoms with Crippen molar-refractivity contribution in [2.45, 2.75) is 39.0 Å². The number of halogens is 3. The molecule has 0 aliphatic carbocycles. The van der Waals surface area contributed by atoms with Crippen LogP contribution in [0.4, 0.5) is 19.0 Å². The Kier molecular flexibility index (Phi) is 5.18. The molecule has 1 rings (SSSR count). The van der Waals surface area contributed by atoms with Crippen LogP contribution in [0, 0.1) is 0 Å². The van der Waals surface area contributed by atoms with Crippen LogP contribution in [0.3, 0.4) is 0 Å². The van der Waals surface area contributed by atoms with Gasteiger partial charge in [-0.05, 0) is 20.3 Å². The van der Waals surface area contributed by atoms with Crippen molar-refractivity contribution in [3.8, 4) is 5.88 Å². The van der Waals surface area contributed by atoms with Crippen LogP contribution < -0.4 is 10.1 Å². The van der Waals surface area contributed by atoms with Crippen LogP contribution in [-0.4, -0.2) is 28.8 Å². The Morgan fingerprint density at radius 2 is 2.06 bits per heavy atom. The maximum atomic E-state index is 11.9. The van der Waals surface area contributed by atoms with E-state index in [4.69, 9.17) is 4.74 Å². The Morgan fingerprint density at radius 1 is 1.33 bits per heavy atom. The molecule has 0 saturated heterocycles. The molecule has 7 heteroatoms. The molecule has 0 radical (unpaired) electrons. The molecular formula is C11H16F3N3O. The molecule has 1 heterocycles. The van der Waals surface area contributed by atoms with E-state index in [1.807, 2.05) is 13.8 Å². The summed E-state index contributed by atoms with van der Waals surface area (Å²) in [5.41, 5.74) is 0. The lowest BCUT2D eigenvalue weighted by molar-refractivity contribution is -0.134. The molecule has 0 fully saturated rings. The second-order valence-corrected chi connectivity index (χ2v) is 4.05. The summed E-state index contributed by atoms with van der Waals surface area (Å²) in [4.78, 5) is 7.79. The Balaban J connectivity index is 2.38. The van der Waals surface area contributed by atoms with Gasteiger partial charge in [0.05, 0.1) is 6.10 Å². The summed E-state index contributed by atoms with van der Waals surface area (Å²) in [5, 5.41) is 2.80. The first kappa shape index (κ1) is 14.5. The predicted molar refractivity (Wildman–Crippen MR) is 61.6 cm³/mol. The zero-order valence-electron chi connectivity index (χ0n) is 10.3. The zero-order valence-corrected chi connectivity index (χ0v) is 10.3. The molecule has 0 amide bonds. The highest BCUT2D eigenvalue weighted by Crippen LogP contribution is 2.21. The van der Waals surface area contributed by atoms with E-state index in [1.165, 1.54) is 6.33 Å². The van der Waals surface area contributed by atoms with E-state index in [2.05, 4.69) is 15.3 Å². The molecule has 0 bridgehead atoms. The minimum absolute atomic E-state index is 0.00781. The van der Waals surface area contributed by atoms with Gasteiger partial charge in [-0.1, -0.05) is 0 Å². The van der Waals surface area contributed by atoms with Crippen LogP contribution in [-0.2, 0) is 0 Å². The third-order valence-corrected chi connectivity index (χ3v) is 1.94. The number of aromatic nitrogens is 2. The number of nitrogens with zero attached hydrogens (tertiary/aromatic N) is 2. The molecule has 102 valence electrons. The van der Waals surface area contributed by atoms with Gasteiger partial charge in [-0.15, -0.1) is 0 Å². The molecule has 1 aromatic rings. The Labute approximate surface area is 104 Å². The van der Waals surface area contributed by atoms with Crippen molar-refractivity contribution < 1.29 is 17.9 Å². The van der Waals surface area contributed by atoms with Gasteiger partial charge in [0.2, 0.25) is 5.88 Å². The molecule has 18 heavy (non-hydrogen) atoms. The van der Waals surface area contributed by atoms with E-state index in [1.54, 1.807) is 6.07 Å². The van der Waals surface area contributed by atoms with Crippen LogP contribution >= 0.6 is 0 Å². The first-order valence-electron chi connectivity index (χ1n) is 5.66. The average Bonchev–Trinajstić information content (AvgIpc) is 2.23. The monoisotopic (exact) mass is 263 g/mol. The molecule has 0 unspecified atom stereocenters. The summed E-state index contributed by atoms with van der Waals surface area (Å²) in [6, 6.07) is 1.56. The number of rotatable bonds is 6. The van der Waals surface area contributed by atoms with Crippen LogP contribution in [0.15, 0.2) is 12.4 Å². The topological polar surface area (TPSA) is 47.0 Å². The lowest BCUT2D eigenvalue weighted by Gasteiger charge is -2.10. The molecule has 0 spiro atoms. The van der Waals surface area contributed by atoms with Gasteiger partial charge in [0.25, 0.3) is 0 Å². The normalized spacial score (nSPS) is 11.7. The summed E-state index contributed by atoms with van der Waals surface area (Å²) in [5.74, 6) is 0.862. The lowest BCUT2D eigenvalue weighted by Crippen LogP contribution is -2.12. The van der Waals surface area contributed by atoms with Gasteiger partial charge in [0, 0.05) is 19.0 Å². The van der Waals surface area contributed by atoms with Gasteiger partial charge < -0.3 is 10.1 Å². The van der Waals surface area contributed by atoms with E-state index in [-0.39, 0.29) is 19.1 Å². The summed E-state index contributed by atoms with van der Waals surface area (Å²) in [7, 11) is 0. The highest BCUT2D eigenvalue weighted by molar-refractivity contribution is 5.36. The van der Waals surface area contributed by atoms with E-state index in [9.17, 15) is 13.2 Å². The van der Waals surface area contributed by atoms with Gasteiger partial charge in [0.15, 0.2) is 0 Å². The molecule has 0 aliphatic rings. The Hall–Kier alpha value is -1.53. The predicted octanol–water partition coefficient (Wildman–Crippen LogP) is 3.02. The molecule has 0 saturated carbocycles. The van der Waals surface area contributed by atoms with Gasteiger partial charge in [-0.2, -0.15) is 13.2 Å². The molecule has 0 atom stereocenters. The van der Waals surface area contributed by atoms with Crippen LogP contribution in [0.25, 0.3) is 0 Å². The minimum Gasteiger partial charge on any atom is -0.475 e. The summed E-state index contributed by atoms with van der Waals surface area (Å²) < 4.78 is 41.1. The molecule has 4 nitrogen and oxygen atoms in total. The number of nitrogens with one attached hydrogen (secondary N) is 1. The van der Waals surface area contributed by atoms with Crippen LogP contribution in [0.2, 0.25) is 0 Å². The van der Waals surface area contributed by atoms with E-state index in [0.717, 1.165) is 0 Å². The minimum atomic E-state index is -4.11. The number of anilines is 1. The van der Waals surface area contributed by atoms with Crippen LogP contribution in [0.5, 0.6) is 5.88 Å². The van der Waals surface area contributed by atoms with Crippen molar-refractivity contribution in [3.63, 3.8) is 0 Å². The highest BCUT2D eigenvalue weighted by Gasteiger charge is 2.25. The van der Waals surface area contributed by atoms with Crippen molar-refractivity contribution in [2.75, 3.05) is 11.9 Å². The number of hydrogen-bond acceptors (Lipinski definition) is 4. The van der Waals surface area contributed by atoms with E-state index >= 15 is 0 Å². The molecule has 0 aliphatic heterocycles. The second-order valence-electron chi connectivity index (χ2n) is 4.05. The van der Waals surface area contributed by atoms with Crippen molar-refractivity contribution in [3.05, 3.63) is 12.4 Å². The highest BCUT2D eigenvalue weighted by atomic mass is 19.4. The maximum absolute atomic E-state index is 11.9. The first-order chi connectivity index (χ1) is 8.37. The maximum Gasteiger partial charge on any atom is 0.389 e. The van der Waals surface area contributed by atoms with Crippen molar-refractivity contribution in [1.29, 1.82) is 0 Å². The second kappa shape index (κ2) is 6.42. The number of alkyl halides is 3. The number of hydrogen-bond donors (Lipinski definition) is 1. The van der Waals surface area contributed by atoms with Gasteiger partial charge in [0.1, 0.15) is 12.1 Å². The number of ether oxygens (including phenoxy) is 1. The standard InChI is InChI=1S/C11H16F3N3O/c1-8(2)18-10-6-9(16-7-17-10)15-5-3-4-11(12,13)14/h6-8H,3-5H2,1-2H3,(H,15,16,17). The Morgan fingerprint density at radius 3 is 2.67 bits per heavy atom. The van der Waals surface area contributed by atoms with Gasteiger partial charge >= 0.3 is 6.18 Å². The molecule has 1 aromatic heterocycles. The van der Waals surface area contributed by atoms with Crippen molar-refractivity contribution in [1.82, 2.24) is 9.97 Å². The third-order valence-electron chi connectivity index (χ3n) is 1.94. The summed E-state index contributed by atoms with van der Waals surface area (Å²) in [6.45, 7) is 3.93. The fourth-order valence-corrected chi connectivity index (χ4v) is 1.25. The third kappa shape index (κ3) is 6.27. The fourth-order valence-electron chi connectivity index (χ4n) is 1.25. The largest absolute Gasteiger partial charge is 0.475 e. The van der Waals surface area contributed by atoms with E-state index < -0.39 is 12.6 Å². The zero-order chi connectivity index (χ0) is 13.6. The molecular weight excluding hydrogens is 247 g/mol. The van der Waals surface area contributed by atoms with Gasteiger partial charge in [-0.3, -0.25) is 0 Å². The van der Waals surface area contributed by atoms with Gasteiger partial charge in [-0.25, -0.2) is 9.97 Å². The van der Waals surface area contributed by atoms with Crippen LogP contribution in [0.1, 0.15) is 26.7 Å². The fraction of sp³-hybridized carbons (Fsp3) is 0.636. The van der Waals surface area contributed by atoms with Crippen molar-refractivity contribution >= 4 is 5.82 Å². The lowest BCUT2D eigenvalue weighted by atomic mass is 10.3. The SMILES string of the molecule is CC(C)Oc1cc(NCCCC(F)(F)F)ncn1. The van der Waals surface area contributed by atoms with E-state index in [0.29, 0.717) is 11.7 Å². The first-order valence-corrected chi connectivity index (χ1v) is 5.66. The Bertz CT molecular complexity index is 369. The molecule has 0 aromatic carbocycles. The average molecular weight is 263 g/mol.